The van der Waals surface area contributed by atoms with E-state index in [1.165, 1.54) is 0 Å². The minimum absolute atomic E-state index is 0.0187. The van der Waals surface area contributed by atoms with E-state index in [-0.39, 0.29) is 11.9 Å². The van der Waals surface area contributed by atoms with Crippen molar-refractivity contribution in [2.45, 2.75) is 53.4 Å². The molecule has 1 aliphatic heterocycles. The molecule has 1 fully saturated rings. The average Bonchev–Trinajstić information content (AvgIpc) is 2.43. The van der Waals surface area contributed by atoms with Gasteiger partial charge in [0.25, 0.3) is 0 Å². The molecule has 5 nitrogen and oxygen atoms in total. The fraction of sp³-hybridized carbons (Fsp3) is 0.875. The first-order valence-corrected chi connectivity index (χ1v) is 8.01. The molecule has 2 N–H and O–H groups in total. The quantitative estimate of drug-likeness (QED) is 0.741. The molecule has 0 bridgehead atoms. The van der Waals surface area contributed by atoms with Crippen molar-refractivity contribution in [1.82, 2.24) is 10.2 Å². The zero-order chi connectivity index (χ0) is 16.0. The number of nitrogens with one attached hydrogen (secondary N) is 1. The fourth-order valence-electron chi connectivity index (χ4n) is 2.74. The van der Waals surface area contributed by atoms with Crippen LogP contribution < -0.4 is 5.32 Å². The van der Waals surface area contributed by atoms with Gasteiger partial charge in [-0.2, -0.15) is 0 Å². The molecule has 1 rings (SSSR count). The summed E-state index contributed by atoms with van der Waals surface area (Å²) in [6.07, 6.45) is 3.84. The molecule has 0 radical (unpaired) electrons. The Kier molecular flexibility index (Phi) is 6.49. The highest BCUT2D eigenvalue weighted by Gasteiger charge is 2.39. The number of carbonyl (C=O) groups excluding carboxylic acids is 1. The van der Waals surface area contributed by atoms with Crippen LogP contribution >= 0.6 is 0 Å². The lowest BCUT2D eigenvalue weighted by Crippen LogP contribution is -2.50. The van der Waals surface area contributed by atoms with E-state index < -0.39 is 11.4 Å². The monoisotopic (exact) mass is 298 g/mol. The molecule has 0 spiro atoms. The first-order valence-electron chi connectivity index (χ1n) is 8.01. The van der Waals surface area contributed by atoms with Crippen LogP contribution in [0.15, 0.2) is 0 Å². The summed E-state index contributed by atoms with van der Waals surface area (Å²) >= 11 is 0. The molecule has 0 saturated carbocycles. The van der Waals surface area contributed by atoms with Gasteiger partial charge in [-0.25, -0.2) is 4.79 Å². The molecule has 0 aromatic rings. The fourth-order valence-corrected chi connectivity index (χ4v) is 2.74. The van der Waals surface area contributed by atoms with Gasteiger partial charge in [0.1, 0.15) is 0 Å². The third-order valence-corrected chi connectivity index (χ3v) is 4.51. The Morgan fingerprint density at radius 3 is 2.62 bits per heavy atom. The standard InChI is InChI=1S/C16H30N2O3/c1-12(2)7-5-9-17-15(21)18-10-6-8-13(11-18)16(3,4)14(19)20/h12-13H,5-11H2,1-4H3,(H,17,21)(H,19,20). The molecule has 122 valence electrons. The van der Waals surface area contributed by atoms with Crippen molar-refractivity contribution in [2.75, 3.05) is 19.6 Å². The van der Waals surface area contributed by atoms with Crippen LogP contribution in [-0.2, 0) is 4.79 Å². The van der Waals surface area contributed by atoms with Crippen molar-refractivity contribution in [1.29, 1.82) is 0 Å². The third-order valence-electron chi connectivity index (χ3n) is 4.51. The predicted octanol–water partition coefficient (Wildman–Crippen LogP) is 2.96. The number of amides is 2. The number of rotatable bonds is 6. The number of aliphatic carboxylic acids is 1. The summed E-state index contributed by atoms with van der Waals surface area (Å²) in [6.45, 7) is 9.81. The molecule has 1 heterocycles. The van der Waals surface area contributed by atoms with E-state index in [1.54, 1.807) is 18.7 Å². The van der Waals surface area contributed by atoms with Gasteiger partial charge in [-0.15, -0.1) is 0 Å². The Balaban J connectivity index is 2.45. The lowest BCUT2D eigenvalue weighted by molar-refractivity contribution is -0.151. The summed E-state index contributed by atoms with van der Waals surface area (Å²) < 4.78 is 0. The summed E-state index contributed by atoms with van der Waals surface area (Å²) in [5, 5.41) is 12.3. The molecule has 1 saturated heterocycles. The highest BCUT2D eigenvalue weighted by Crippen LogP contribution is 2.34. The minimum atomic E-state index is -0.785. The van der Waals surface area contributed by atoms with E-state index in [9.17, 15) is 14.7 Å². The van der Waals surface area contributed by atoms with E-state index in [0.717, 1.165) is 32.2 Å². The molecule has 0 aromatic heterocycles. The first-order chi connectivity index (χ1) is 9.75. The zero-order valence-electron chi connectivity index (χ0n) is 13.8. The maximum Gasteiger partial charge on any atom is 0.317 e. The van der Waals surface area contributed by atoms with Gasteiger partial charge in [0.15, 0.2) is 0 Å². The number of piperidine rings is 1. The second-order valence-electron chi connectivity index (χ2n) is 7.08. The van der Waals surface area contributed by atoms with Gasteiger partial charge in [-0.3, -0.25) is 4.79 Å². The van der Waals surface area contributed by atoms with Crippen LogP contribution in [0.2, 0.25) is 0 Å². The van der Waals surface area contributed by atoms with Crippen LogP contribution in [0, 0.1) is 17.3 Å². The zero-order valence-corrected chi connectivity index (χ0v) is 13.8. The number of carboxylic acids is 1. The minimum Gasteiger partial charge on any atom is -0.481 e. The Hall–Kier alpha value is -1.26. The van der Waals surface area contributed by atoms with Crippen LogP contribution in [-0.4, -0.2) is 41.6 Å². The van der Waals surface area contributed by atoms with Gasteiger partial charge in [0.2, 0.25) is 0 Å². The summed E-state index contributed by atoms with van der Waals surface area (Å²) in [7, 11) is 0. The lowest BCUT2D eigenvalue weighted by Gasteiger charge is -2.39. The van der Waals surface area contributed by atoms with Crippen LogP contribution in [0.4, 0.5) is 4.79 Å². The number of hydrogen-bond donors (Lipinski definition) is 2. The summed E-state index contributed by atoms with van der Waals surface area (Å²) in [5.74, 6) is -0.116. The van der Waals surface area contributed by atoms with Crippen molar-refractivity contribution in [3.8, 4) is 0 Å². The molecule has 0 aromatic carbocycles. The molecule has 0 aliphatic carbocycles. The van der Waals surface area contributed by atoms with Gasteiger partial charge < -0.3 is 15.3 Å². The number of urea groups is 1. The number of likely N-dealkylation sites (tertiary alicyclic amines) is 1. The van der Waals surface area contributed by atoms with Gasteiger partial charge in [0, 0.05) is 19.6 Å². The smallest absolute Gasteiger partial charge is 0.317 e. The van der Waals surface area contributed by atoms with Crippen molar-refractivity contribution < 1.29 is 14.7 Å². The van der Waals surface area contributed by atoms with Gasteiger partial charge in [-0.05, 0) is 51.4 Å². The Morgan fingerprint density at radius 2 is 2.05 bits per heavy atom. The second kappa shape index (κ2) is 7.66. The topological polar surface area (TPSA) is 69.6 Å². The number of nitrogens with zero attached hydrogens (tertiary/aromatic N) is 1. The normalized spacial score (nSPS) is 19.7. The molecule has 1 atom stereocenters. The van der Waals surface area contributed by atoms with Gasteiger partial charge in [0.05, 0.1) is 5.41 Å². The van der Waals surface area contributed by atoms with Gasteiger partial charge in [-0.1, -0.05) is 13.8 Å². The van der Waals surface area contributed by atoms with Crippen molar-refractivity contribution in [3.63, 3.8) is 0 Å². The maximum atomic E-state index is 12.2. The molecular weight excluding hydrogens is 268 g/mol. The summed E-state index contributed by atoms with van der Waals surface area (Å²) in [4.78, 5) is 25.3. The summed E-state index contributed by atoms with van der Waals surface area (Å²) in [6, 6.07) is -0.0513. The predicted molar refractivity (Wildman–Crippen MR) is 83.2 cm³/mol. The maximum absolute atomic E-state index is 12.2. The van der Waals surface area contributed by atoms with Crippen LogP contribution in [0.3, 0.4) is 0 Å². The van der Waals surface area contributed by atoms with Crippen molar-refractivity contribution in [3.05, 3.63) is 0 Å². The molecular formula is C16H30N2O3. The molecule has 5 heteroatoms. The van der Waals surface area contributed by atoms with E-state index in [4.69, 9.17) is 0 Å². The second-order valence-corrected chi connectivity index (χ2v) is 7.08. The Bertz CT molecular complexity index is 367. The number of carbonyl (C=O) groups is 2. The van der Waals surface area contributed by atoms with E-state index in [1.807, 2.05) is 0 Å². The first kappa shape index (κ1) is 17.8. The molecule has 1 aliphatic rings. The Morgan fingerprint density at radius 1 is 1.38 bits per heavy atom. The van der Waals surface area contributed by atoms with E-state index in [2.05, 4.69) is 19.2 Å². The van der Waals surface area contributed by atoms with Crippen molar-refractivity contribution in [2.24, 2.45) is 17.3 Å². The number of hydrogen-bond acceptors (Lipinski definition) is 2. The van der Waals surface area contributed by atoms with Crippen LogP contribution in [0.1, 0.15) is 53.4 Å². The lowest BCUT2D eigenvalue weighted by atomic mass is 9.74. The van der Waals surface area contributed by atoms with Gasteiger partial charge >= 0.3 is 12.0 Å². The molecule has 21 heavy (non-hydrogen) atoms. The van der Waals surface area contributed by atoms with Crippen LogP contribution in [0.25, 0.3) is 0 Å². The van der Waals surface area contributed by atoms with Crippen molar-refractivity contribution >= 4 is 12.0 Å². The summed E-state index contributed by atoms with van der Waals surface area (Å²) in [5.41, 5.74) is -0.781. The molecule has 2 amide bonds. The highest BCUT2D eigenvalue weighted by molar-refractivity contribution is 5.76. The third kappa shape index (κ3) is 5.21. The number of carboxylic acid groups (broad SMARTS) is 1. The van der Waals surface area contributed by atoms with E-state index in [0.29, 0.717) is 19.0 Å². The largest absolute Gasteiger partial charge is 0.481 e. The average molecular weight is 298 g/mol. The Labute approximate surface area is 128 Å². The SMILES string of the molecule is CC(C)CCCNC(=O)N1CCCC(C(C)(C)C(=O)O)C1. The van der Waals surface area contributed by atoms with E-state index >= 15 is 0 Å². The van der Waals surface area contributed by atoms with Crippen LogP contribution in [0.5, 0.6) is 0 Å². The highest BCUT2D eigenvalue weighted by atomic mass is 16.4. The molecule has 1 unspecified atom stereocenters.